The lowest BCUT2D eigenvalue weighted by atomic mass is 10.1. The van der Waals surface area contributed by atoms with E-state index in [1.54, 1.807) is 0 Å². The van der Waals surface area contributed by atoms with Crippen LogP contribution < -0.4 is 0 Å². The lowest BCUT2D eigenvalue weighted by Crippen LogP contribution is -2.09. The number of ketones is 1. The highest BCUT2D eigenvalue weighted by atomic mass is 19.3. The summed E-state index contributed by atoms with van der Waals surface area (Å²) in [7, 11) is 0. The second-order valence-corrected chi connectivity index (χ2v) is 3.04. The Kier molecular flexibility index (Phi) is 7.20. The standard InChI is InChI=1S/C10H16F2O2/c1-3-8(2)6-9(13)4-5-14-7-10(11)12/h10H,2-7H2,1H3. The molecule has 0 unspecified atom stereocenters. The molecule has 0 aliphatic carbocycles. The Labute approximate surface area is 82.9 Å². The van der Waals surface area contributed by atoms with Crippen LogP contribution in [0.15, 0.2) is 12.2 Å². The van der Waals surface area contributed by atoms with Crippen molar-refractivity contribution >= 4 is 5.78 Å². The number of hydrogen-bond acceptors (Lipinski definition) is 2. The molecule has 0 aromatic heterocycles. The lowest BCUT2D eigenvalue weighted by molar-refractivity contribution is -0.119. The molecule has 2 nitrogen and oxygen atoms in total. The number of hydrogen-bond donors (Lipinski definition) is 0. The van der Waals surface area contributed by atoms with Gasteiger partial charge >= 0.3 is 0 Å². The summed E-state index contributed by atoms with van der Waals surface area (Å²) in [6, 6.07) is 0. The molecule has 14 heavy (non-hydrogen) atoms. The average molecular weight is 206 g/mol. The van der Waals surface area contributed by atoms with Gasteiger partial charge in [-0.15, -0.1) is 0 Å². The zero-order chi connectivity index (χ0) is 11.0. The first kappa shape index (κ1) is 13.2. The molecule has 0 rings (SSSR count). The fraction of sp³-hybridized carbons (Fsp3) is 0.700. The van der Waals surface area contributed by atoms with Crippen molar-refractivity contribution in [2.75, 3.05) is 13.2 Å². The van der Waals surface area contributed by atoms with Crippen molar-refractivity contribution in [3.63, 3.8) is 0 Å². The second kappa shape index (κ2) is 7.62. The van der Waals surface area contributed by atoms with E-state index in [1.165, 1.54) is 0 Å². The molecule has 0 aliphatic rings. The van der Waals surface area contributed by atoms with Crippen LogP contribution in [0.1, 0.15) is 26.2 Å². The van der Waals surface area contributed by atoms with Gasteiger partial charge in [-0.05, 0) is 6.42 Å². The van der Waals surface area contributed by atoms with E-state index in [9.17, 15) is 13.6 Å². The Morgan fingerprint density at radius 1 is 1.50 bits per heavy atom. The Morgan fingerprint density at radius 2 is 2.14 bits per heavy atom. The SMILES string of the molecule is C=C(CC)CC(=O)CCOCC(F)F. The van der Waals surface area contributed by atoms with E-state index in [4.69, 9.17) is 0 Å². The summed E-state index contributed by atoms with van der Waals surface area (Å²) in [5, 5.41) is 0. The lowest BCUT2D eigenvalue weighted by Gasteiger charge is -2.03. The van der Waals surface area contributed by atoms with Crippen LogP contribution in [0.4, 0.5) is 8.78 Å². The maximum atomic E-state index is 11.6. The van der Waals surface area contributed by atoms with Crippen LogP contribution in [0, 0.1) is 0 Å². The van der Waals surface area contributed by atoms with Gasteiger partial charge in [-0.3, -0.25) is 4.79 Å². The molecule has 0 amide bonds. The monoisotopic (exact) mass is 206 g/mol. The highest BCUT2D eigenvalue weighted by Gasteiger charge is 2.05. The van der Waals surface area contributed by atoms with Gasteiger partial charge in [-0.25, -0.2) is 8.78 Å². The molecule has 0 saturated heterocycles. The third kappa shape index (κ3) is 7.86. The largest absolute Gasteiger partial charge is 0.375 e. The van der Waals surface area contributed by atoms with Gasteiger partial charge < -0.3 is 4.74 Å². The molecule has 4 heteroatoms. The first-order chi connectivity index (χ1) is 6.56. The van der Waals surface area contributed by atoms with Crippen molar-refractivity contribution in [1.29, 1.82) is 0 Å². The zero-order valence-corrected chi connectivity index (χ0v) is 8.39. The van der Waals surface area contributed by atoms with E-state index >= 15 is 0 Å². The van der Waals surface area contributed by atoms with Crippen molar-refractivity contribution in [2.24, 2.45) is 0 Å². The van der Waals surface area contributed by atoms with E-state index < -0.39 is 13.0 Å². The molecular formula is C10H16F2O2. The number of Topliss-reactive ketones (excluding diaryl/α,β-unsaturated/α-hetero) is 1. The van der Waals surface area contributed by atoms with Gasteiger partial charge in [0.25, 0.3) is 6.43 Å². The highest BCUT2D eigenvalue weighted by Crippen LogP contribution is 2.05. The van der Waals surface area contributed by atoms with Crippen molar-refractivity contribution in [1.82, 2.24) is 0 Å². The van der Waals surface area contributed by atoms with Gasteiger partial charge in [0.1, 0.15) is 12.4 Å². The van der Waals surface area contributed by atoms with E-state index in [0.29, 0.717) is 6.42 Å². The third-order valence-electron chi connectivity index (χ3n) is 1.72. The summed E-state index contributed by atoms with van der Waals surface area (Å²) in [5.74, 6) is -0.00823. The molecule has 0 fully saturated rings. The number of alkyl halides is 2. The minimum atomic E-state index is -2.46. The quantitative estimate of drug-likeness (QED) is 0.450. The van der Waals surface area contributed by atoms with Gasteiger partial charge in [0, 0.05) is 12.8 Å². The molecule has 0 spiro atoms. The van der Waals surface area contributed by atoms with Crippen LogP contribution in [-0.2, 0) is 9.53 Å². The predicted molar refractivity (Wildman–Crippen MR) is 50.5 cm³/mol. The minimum Gasteiger partial charge on any atom is -0.375 e. The van der Waals surface area contributed by atoms with Crippen molar-refractivity contribution in [2.45, 2.75) is 32.6 Å². The molecule has 0 heterocycles. The van der Waals surface area contributed by atoms with Gasteiger partial charge in [-0.1, -0.05) is 19.1 Å². The minimum absolute atomic E-state index is 0.00823. The molecule has 82 valence electrons. The molecule has 0 bridgehead atoms. The summed E-state index contributed by atoms with van der Waals surface area (Å²) in [6.45, 7) is 5.08. The normalized spacial score (nSPS) is 10.6. The van der Waals surface area contributed by atoms with Crippen molar-refractivity contribution < 1.29 is 18.3 Å². The summed E-state index contributed by atoms with van der Waals surface area (Å²) >= 11 is 0. The highest BCUT2D eigenvalue weighted by molar-refractivity contribution is 5.80. The summed E-state index contributed by atoms with van der Waals surface area (Å²) in [6.07, 6.45) is -1.18. The topological polar surface area (TPSA) is 26.3 Å². The second-order valence-electron chi connectivity index (χ2n) is 3.04. The maximum Gasteiger partial charge on any atom is 0.261 e. The molecule has 0 N–H and O–H groups in total. The van der Waals surface area contributed by atoms with Gasteiger partial charge in [0.05, 0.1) is 6.61 Å². The number of halogens is 2. The molecule has 0 saturated carbocycles. The Bertz CT molecular complexity index is 191. The Hall–Kier alpha value is -0.770. The van der Waals surface area contributed by atoms with E-state index in [2.05, 4.69) is 11.3 Å². The molecular weight excluding hydrogens is 190 g/mol. The Balaban J connectivity index is 3.40. The van der Waals surface area contributed by atoms with E-state index in [1.807, 2.05) is 6.92 Å². The molecule has 0 atom stereocenters. The molecule has 0 aromatic rings. The number of carbonyl (C=O) groups is 1. The maximum absolute atomic E-state index is 11.6. The number of rotatable bonds is 8. The fourth-order valence-electron chi connectivity index (χ4n) is 0.851. The van der Waals surface area contributed by atoms with Crippen LogP contribution in [-0.4, -0.2) is 25.4 Å². The van der Waals surface area contributed by atoms with Crippen molar-refractivity contribution in [3.05, 3.63) is 12.2 Å². The van der Waals surface area contributed by atoms with Crippen LogP contribution in [0.5, 0.6) is 0 Å². The predicted octanol–water partition coefficient (Wildman–Crippen LogP) is 2.58. The van der Waals surface area contributed by atoms with Gasteiger partial charge in [0.15, 0.2) is 0 Å². The number of allylic oxidation sites excluding steroid dienone is 1. The van der Waals surface area contributed by atoms with E-state index in [-0.39, 0.29) is 18.8 Å². The van der Waals surface area contributed by atoms with Crippen LogP contribution >= 0.6 is 0 Å². The van der Waals surface area contributed by atoms with Crippen LogP contribution in [0.3, 0.4) is 0 Å². The summed E-state index contributed by atoms with van der Waals surface area (Å²) in [4.78, 5) is 11.1. The Morgan fingerprint density at radius 3 is 2.64 bits per heavy atom. The number of ether oxygens (including phenoxy) is 1. The van der Waals surface area contributed by atoms with Crippen molar-refractivity contribution in [3.8, 4) is 0 Å². The number of carbonyl (C=O) groups excluding carboxylic acids is 1. The summed E-state index contributed by atoms with van der Waals surface area (Å²) < 4.78 is 27.8. The van der Waals surface area contributed by atoms with Gasteiger partial charge in [-0.2, -0.15) is 0 Å². The third-order valence-corrected chi connectivity index (χ3v) is 1.72. The van der Waals surface area contributed by atoms with Crippen LogP contribution in [0.25, 0.3) is 0 Å². The van der Waals surface area contributed by atoms with Gasteiger partial charge in [0.2, 0.25) is 0 Å². The smallest absolute Gasteiger partial charge is 0.261 e. The zero-order valence-electron chi connectivity index (χ0n) is 8.39. The first-order valence-electron chi connectivity index (χ1n) is 4.60. The molecule has 0 radical (unpaired) electrons. The van der Waals surface area contributed by atoms with E-state index in [0.717, 1.165) is 12.0 Å². The van der Waals surface area contributed by atoms with Crippen LogP contribution in [0.2, 0.25) is 0 Å². The molecule has 0 aromatic carbocycles. The fourth-order valence-corrected chi connectivity index (χ4v) is 0.851. The first-order valence-corrected chi connectivity index (χ1v) is 4.60. The average Bonchev–Trinajstić information content (AvgIpc) is 2.12. The summed E-state index contributed by atoms with van der Waals surface area (Å²) in [5.41, 5.74) is 0.865. The molecule has 0 aliphatic heterocycles.